The van der Waals surface area contributed by atoms with Crippen molar-refractivity contribution in [1.82, 2.24) is 0 Å². The van der Waals surface area contributed by atoms with Gasteiger partial charge in [0, 0.05) is 10.9 Å². The molecule has 0 aromatic heterocycles. The first-order valence-corrected chi connectivity index (χ1v) is 4.51. The zero-order chi connectivity index (χ0) is 9.84. The van der Waals surface area contributed by atoms with E-state index in [2.05, 4.69) is 15.9 Å². The molecule has 4 heteroatoms. The quantitative estimate of drug-likeness (QED) is 0.594. The average molecular weight is 249 g/mol. The fourth-order valence-electron chi connectivity index (χ4n) is 0.970. The summed E-state index contributed by atoms with van der Waals surface area (Å²) in [6, 6.07) is 2.17. The molecule has 1 aromatic rings. The predicted molar refractivity (Wildman–Crippen MR) is 48.4 cm³/mol. The van der Waals surface area contributed by atoms with E-state index < -0.39 is 11.6 Å². The van der Waals surface area contributed by atoms with Crippen LogP contribution in [0, 0.1) is 11.6 Å². The van der Waals surface area contributed by atoms with E-state index in [0.29, 0.717) is 22.9 Å². The minimum Gasteiger partial charge on any atom is -0.303 e. The van der Waals surface area contributed by atoms with E-state index in [-0.39, 0.29) is 0 Å². The molecule has 0 atom stereocenters. The summed E-state index contributed by atoms with van der Waals surface area (Å²) in [7, 11) is 0. The van der Waals surface area contributed by atoms with E-state index in [0.717, 1.165) is 18.4 Å². The third kappa shape index (κ3) is 2.59. The average Bonchev–Trinajstić information content (AvgIpc) is 2.09. The number of hydrogen-bond donors (Lipinski definition) is 0. The molecule has 0 aliphatic heterocycles. The Hall–Kier alpha value is -0.770. The first-order chi connectivity index (χ1) is 6.15. The van der Waals surface area contributed by atoms with Gasteiger partial charge in [-0.05, 0) is 24.1 Å². The molecular formula is C9H7BrF2O. The highest BCUT2D eigenvalue weighted by atomic mass is 79.9. The number of aldehydes is 1. The fourth-order valence-corrected chi connectivity index (χ4v) is 1.48. The summed E-state index contributed by atoms with van der Waals surface area (Å²) in [6.45, 7) is 0. The van der Waals surface area contributed by atoms with Crippen molar-refractivity contribution in [3.8, 4) is 0 Å². The Morgan fingerprint density at radius 2 is 1.92 bits per heavy atom. The van der Waals surface area contributed by atoms with Crippen LogP contribution in [0.3, 0.4) is 0 Å². The Balaban J connectivity index is 2.94. The number of aryl methyl sites for hydroxylation is 1. The van der Waals surface area contributed by atoms with Crippen molar-refractivity contribution in [3.63, 3.8) is 0 Å². The van der Waals surface area contributed by atoms with Gasteiger partial charge in [-0.2, -0.15) is 0 Å². The van der Waals surface area contributed by atoms with Crippen molar-refractivity contribution in [3.05, 3.63) is 33.8 Å². The lowest BCUT2D eigenvalue weighted by atomic mass is 10.1. The van der Waals surface area contributed by atoms with Crippen LogP contribution in [0.4, 0.5) is 8.78 Å². The molecule has 0 fully saturated rings. The van der Waals surface area contributed by atoms with Crippen LogP contribution in [0.5, 0.6) is 0 Å². The summed E-state index contributed by atoms with van der Waals surface area (Å²) in [5.74, 6) is -1.77. The maximum absolute atomic E-state index is 12.7. The summed E-state index contributed by atoms with van der Waals surface area (Å²) in [6.07, 6.45) is 1.47. The van der Waals surface area contributed by atoms with Gasteiger partial charge in [0.15, 0.2) is 11.6 Å². The zero-order valence-electron chi connectivity index (χ0n) is 6.69. The third-order valence-electron chi connectivity index (χ3n) is 1.62. The summed E-state index contributed by atoms with van der Waals surface area (Å²) in [5.41, 5.74) is 0.603. The minimum atomic E-state index is -0.887. The van der Waals surface area contributed by atoms with Crippen LogP contribution >= 0.6 is 15.9 Å². The molecule has 0 bridgehead atoms. The van der Waals surface area contributed by atoms with Gasteiger partial charge in [-0.1, -0.05) is 15.9 Å². The van der Waals surface area contributed by atoms with Gasteiger partial charge in [-0.25, -0.2) is 8.78 Å². The monoisotopic (exact) mass is 248 g/mol. The lowest BCUT2D eigenvalue weighted by Gasteiger charge is -2.02. The Morgan fingerprint density at radius 1 is 1.31 bits per heavy atom. The fraction of sp³-hybridized carbons (Fsp3) is 0.222. The predicted octanol–water partition coefficient (Wildman–Crippen LogP) is 2.86. The number of carbonyl (C=O) groups excluding carboxylic acids is 1. The van der Waals surface area contributed by atoms with E-state index >= 15 is 0 Å². The van der Waals surface area contributed by atoms with E-state index in [9.17, 15) is 13.6 Å². The molecule has 0 amide bonds. The van der Waals surface area contributed by atoms with E-state index in [1.807, 2.05) is 0 Å². The Kier molecular flexibility index (Phi) is 3.54. The van der Waals surface area contributed by atoms with Crippen LogP contribution in [0.1, 0.15) is 12.0 Å². The third-order valence-corrected chi connectivity index (χ3v) is 2.36. The van der Waals surface area contributed by atoms with Gasteiger partial charge >= 0.3 is 0 Å². The van der Waals surface area contributed by atoms with Gasteiger partial charge in [0.1, 0.15) is 6.29 Å². The highest BCUT2D eigenvalue weighted by Gasteiger charge is 2.07. The zero-order valence-corrected chi connectivity index (χ0v) is 8.27. The van der Waals surface area contributed by atoms with Crippen molar-refractivity contribution < 1.29 is 13.6 Å². The van der Waals surface area contributed by atoms with Gasteiger partial charge in [0.2, 0.25) is 0 Å². The smallest absolute Gasteiger partial charge is 0.159 e. The molecular weight excluding hydrogens is 242 g/mol. The summed E-state index contributed by atoms with van der Waals surface area (Å²) in [5, 5.41) is 0. The van der Waals surface area contributed by atoms with Crippen molar-refractivity contribution in [2.45, 2.75) is 12.8 Å². The largest absolute Gasteiger partial charge is 0.303 e. The van der Waals surface area contributed by atoms with Crippen molar-refractivity contribution in [2.24, 2.45) is 0 Å². The van der Waals surface area contributed by atoms with Gasteiger partial charge in [0.05, 0.1) is 0 Å². The first-order valence-electron chi connectivity index (χ1n) is 3.72. The second kappa shape index (κ2) is 4.46. The maximum Gasteiger partial charge on any atom is 0.159 e. The van der Waals surface area contributed by atoms with Crippen LogP contribution in [0.2, 0.25) is 0 Å². The normalized spacial score (nSPS) is 10.1. The van der Waals surface area contributed by atoms with Crippen molar-refractivity contribution in [2.75, 3.05) is 0 Å². The number of hydrogen-bond acceptors (Lipinski definition) is 1. The molecule has 0 N–H and O–H groups in total. The molecule has 1 rings (SSSR count). The van der Waals surface area contributed by atoms with E-state index in [1.165, 1.54) is 0 Å². The summed E-state index contributed by atoms with van der Waals surface area (Å²) < 4.78 is 25.8. The Morgan fingerprint density at radius 3 is 2.54 bits per heavy atom. The molecule has 70 valence electrons. The second-order valence-corrected chi connectivity index (χ2v) is 3.42. The number of halogens is 3. The van der Waals surface area contributed by atoms with Crippen molar-refractivity contribution in [1.29, 1.82) is 0 Å². The van der Waals surface area contributed by atoms with Crippen LogP contribution in [0.15, 0.2) is 16.6 Å². The molecule has 0 radical (unpaired) electrons. The topological polar surface area (TPSA) is 17.1 Å². The molecule has 0 saturated heterocycles. The number of carbonyl (C=O) groups is 1. The van der Waals surface area contributed by atoms with E-state index in [4.69, 9.17) is 0 Å². The highest BCUT2D eigenvalue weighted by molar-refractivity contribution is 9.10. The standard InChI is InChI=1S/C9H7BrF2O/c10-7-5-9(12)8(11)4-6(7)2-1-3-13/h3-5H,1-2H2. The second-order valence-electron chi connectivity index (χ2n) is 2.56. The van der Waals surface area contributed by atoms with Gasteiger partial charge < -0.3 is 4.79 Å². The number of rotatable bonds is 3. The van der Waals surface area contributed by atoms with E-state index in [1.54, 1.807) is 0 Å². The SMILES string of the molecule is O=CCCc1cc(F)c(F)cc1Br. The maximum atomic E-state index is 12.7. The summed E-state index contributed by atoms with van der Waals surface area (Å²) >= 11 is 3.09. The molecule has 1 nitrogen and oxygen atoms in total. The molecule has 0 aliphatic rings. The van der Waals surface area contributed by atoms with Crippen LogP contribution in [-0.2, 0) is 11.2 Å². The van der Waals surface area contributed by atoms with Crippen LogP contribution in [-0.4, -0.2) is 6.29 Å². The molecule has 13 heavy (non-hydrogen) atoms. The minimum absolute atomic E-state index is 0.309. The van der Waals surface area contributed by atoms with Crippen LogP contribution < -0.4 is 0 Å². The molecule has 0 unspecified atom stereocenters. The molecule has 1 aromatic carbocycles. The molecule has 0 spiro atoms. The first kappa shape index (κ1) is 10.3. The molecule has 0 saturated carbocycles. The summed E-state index contributed by atoms with van der Waals surface area (Å²) in [4.78, 5) is 10.1. The Bertz CT molecular complexity index is 326. The Labute approximate surface area is 82.9 Å². The van der Waals surface area contributed by atoms with Crippen molar-refractivity contribution >= 4 is 22.2 Å². The lowest BCUT2D eigenvalue weighted by molar-refractivity contribution is -0.107. The molecule has 0 heterocycles. The van der Waals surface area contributed by atoms with Crippen LogP contribution in [0.25, 0.3) is 0 Å². The number of benzene rings is 1. The molecule has 0 aliphatic carbocycles. The lowest BCUT2D eigenvalue weighted by Crippen LogP contribution is -1.92. The van der Waals surface area contributed by atoms with Gasteiger partial charge in [0.25, 0.3) is 0 Å². The van der Waals surface area contributed by atoms with Gasteiger partial charge in [-0.15, -0.1) is 0 Å². The highest BCUT2D eigenvalue weighted by Crippen LogP contribution is 2.21. The van der Waals surface area contributed by atoms with Gasteiger partial charge in [-0.3, -0.25) is 0 Å².